The average Bonchev–Trinajstić information content (AvgIpc) is 2.99. The van der Waals surface area contributed by atoms with Gasteiger partial charge in [-0.2, -0.15) is 11.8 Å². The van der Waals surface area contributed by atoms with Gasteiger partial charge < -0.3 is 5.11 Å². The minimum atomic E-state index is 0.289. The monoisotopic (exact) mass is 243 g/mol. The zero-order valence-corrected chi connectivity index (χ0v) is 10.6. The van der Waals surface area contributed by atoms with Crippen molar-refractivity contribution in [3.8, 4) is 0 Å². The average molecular weight is 243 g/mol. The summed E-state index contributed by atoms with van der Waals surface area (Å²) >= 11 is 3.68. The minimum absolute atomic E-state index is 0.289. The third-order valence-electron chi connectivity index (χ3n) is 2.46. The summed E-state index contributed by atoms with van der Waals surface area (Å²) in [6, 6.07) is 0. The number of aromatic nitrogens is 1. The van der Waals surface area contributed by atoms with Gasteiger partial charge in [0.2, 0.25) is 0 Å². The van der Waals surface area contributed by atoms with Gasteiger partial charge in [-0.3, -0.25) is 0 Å². The first-order valence-electron chi connectivity index (χ1n) is 5.42. The van der Waals surface area contributed by atoms with Gasteiger partial charge in [0.15, 0.2) is 0 Å². The summed E-state index contributed by atoms with van der Waals surface area (Å²) in [6.07, 6.45) is 2.67. The number of rotatable bonds is 6. The Balaban J connectivity index is 1.73. The summed E-state index contributed by atoms with van der Waals surface area (Å²) < 4.78 is 0. The summed E-state index contributed by atoms with van der Waals surface area (Å²) in [7, 11) is 0. The molecular formula is C11H17NOS2. The Labute approximate surface area is 99.1 Å². The molecule has 15 heavy (non-hydrogen) atoms. The Bertz CT molecular complexity index is 309. The predicted molar refractivity (Wildman–Crippen MR) is 66.5 cm³/mol. The molecule has 1 aliphatic rings. The number of thiazole rings is 1. The topological polar surface area (TPSA) is 33.1 Å². The normalized spacial score (nSPS) is 18.0. The van der Waals surface area contributed by atoms with Gasteiger partial charge in [0.1, 0.15) is 0 Å². The number of aliphatic hydroxyl groups excluding tert-OH is 1. The van der Waals surface area contributed by atoms with Gasteiger partial charge in [-0.25, -0.2) is 4.98 Å². The Morgan fingerprint density at radius 3 is 3.13 bits per heavy atom. The molecule has 1 N–H and O–H groups in total. The van der Waals surface area contributed by atoms with Crippen LogP contribution in [-0.4, -0.2) is 22.5 Å². The zero-order chi connectivity index (χ0) is 10.7. The zero-order valence-electron chi connectivity index (χ0n) is 8.98. The summed E-state index contributed by atoms with van der Waals surface area (Å²) in [5.41, 5.74) is 1.22. The molecule has 0 saturated heterocycles. The second kappa shape index (κ2) is 5.32. The SMILES string of the molecule is CC(CO)CSCc1csc(C2CC2)n1. The second-order valence-electron chi connectivity index (χ2n) is 4.25. The molecule has 1 aliphatic carbocycles. The smallest absolute Gasteiger partial charge is 0.0959 e. The Kier molecular flexibility index (Phi) is 4.05. The lowest BCUT2D eigenvalue weighted by Gasteiger charge is -2.05. The number of hydrogen-bond donors (Lipinski definition) is 1. The lowest BCUT2D eigenvalue weighted by atomic mass is 10.2. The lowest BCUT2D eigenvalue weighted by Crippen LogP contribution is -2.03. The van der Waals surface area contributed by atoms with Crippen LogP contribution in [0.2, 0.25) is 0 Å². The molecule has 0 radical (unpaired) electrons. The van der Waals surface area contributed by atoms with E-state index in [0.29, 0.717) is 5.92 Å². The van der Waals surface area contributed by atoms with Gasteiger partial charge in [0.25, 0.3) is 0 Å². The van der Waals surface area contributed by atoms with E-state index in [2.05, 4.69) is 17.3 Å². The maximum absolute atomic E-state index is 8.89. The van der Waals surface area contributed by atoms with Crippen molar-refractivity contribution in [2.24, 2.45) is 5.92 Å². The Morgan fingerprint density at radius 1 is 1.67 bits per heavy atom. The van der Waals surface area contributed by atoms with Crippen LogP contribution in [0.1, 0.15) is 36.4 Å². The summed E-state index contributed by atoms with van der Waals surface area (Å²) in [5, 5.41) is 12.4. The highest BCUT2D eigenvalue weighted by molar-refractivity contribution is 7.98. The maximum atomic E-state index is 8.89. The van der Waals surface area contributed by atoms with E-state index in [4.69, 9.17) is 5.11 Å². The van der Waals surface area contributed by atoms with Crippen molar-refractivity contribution in [2.75, 3.05) is 12.4 Å². The third kappa shape index (κ3) is 3.47. The van der Waals surface area contributed by atoms with Crippen LogP contribution < -0.4 is 0 Å². The summed E-state index contributed by atoms with van der Waals surface area (Å²) in [5.74, 6) is 3.20. The van der Waals surface area contributed by atoms with Crippen molar-refractivity contribution < 1.29 is 5.11 Å². The van der Waals surface area contributed by atoms with E-state index in [9.17, 15) is 0 Å². The first kappa shape index (κ1) is 11.4. The van der Waals surface area contributed by atoms with Crippen LogP contribution in [0, 0.1) is 5.92 Å². The van der Waals surface area contributed by atoms with Crippen molar-refractivity contribution in [2.45, 2.75) is 31.4 Å². The van der Waals surface area contributed by atoms with E-state index in [-0.39, 0.29) is 6.61 Å². The van der Waals surface area contributed by atoms with E-state index in [1.54, 1.807) is 0 Å². The van der Waals surface area contributed by atoms with Crippen molar-refractivity contribution in [3.05, 3.63) is 16.1 Å². The van der Waals surface area contributed by atoms with Gasteiger partial charge in [-0.05, 0) is 24.5 Å². The Morgan fingerprint density at radius 2 is 2.47 bits per heavy atom. The van der Waals surface area contributed by atoms with Crippen LogP contribution in [0.15, 0.2) is 5.38 Å². The molecule has 1 unspecified atom stereocenters. The van der Waals surface area contributed by atoms with Gasteiger partial charge >= 0.3 is 0 Å². The van der Waals surface area contributed by atoms with E-state index in [1.807, 2.05) is 23.1 Å². The van der Waals surface area contributed by atoms with Gasteiger partial charge in [0, 0.05) is 23.7 Å². The summed E-state index contributed by atoms with van der Waals surface area (Å²) in [6.45, 7) is 2.36. The van der Waals surface area contributed by atoms with Crippen molar-refractivity contribution in [1.29, 1.82) is 0 Å². The number of thioether (sulfide) groups is 1. The minimum Gasteiger partial charge on any atom is -0.396 e. The molecule has 1 saturated carbocycles. The third-order valence-corrected chi connectivity index (χ3v) is 4.82. The van der Waals surface area contributed by atoms with Crippen LogP contribution in [0.3, 0.4) is 0 Å². The fourth-order valence-electron chi connectivity index (χ4n) is 1.32. The molecule has 4 heteroatoms. The molecule has 0 amide bonds. The fraction of sp³-hybridized carbons (Fsp3) is 0.727. The van der Waals surface area contributed by atoms with Gasteiger partial charge in [0.05, 0.1) is 10.7 Å². The highest BCUT2D eigenvalue weighted by Crippen LogP contribution is 2.41. The highest BCUT2D eigenvalue weighted by atomic mass is 32.2. The molecule has 0 bridgehead atoms. The molecule has 1 aromatic heterocycles. The number of aliphatic hydroxyl groups is 1. The van der Waals surface area contributed by atoms with Crippen molar-refractivity contribution in [1.82, 2.24) is 4.98 Å². The highest BCUT2D eigenvalue weighted by Gasteiger charge is 2.26. The van der Waals surface area contributed by atoms with E-state index >= 15 is 0 Å². The molecule has 2 rings (SSSR count). The molecule has 84 valence electrons. The molecule has 1 atom stereocenters. The summed E-state index contributed by atoms with van der Waals surface area (Å²) in [4.78, 5) is 4.63. The number of hydrogen-bond acceptors (Lipinski definition) is 4. The van der Waals surface area contributed by atoms with Crippen molar-refractivity contribution >= 4 is 23.1 Å². The van der Waals surface area contributed by atoms with E-state index in [0.717, 1.165) is 17.4 Å². The van der Waals surface area contributed by atoms with Crippen LogP contribution in [0.4, 0.5) is 0 Å². The first-order valence-corrected chi connectivity index (χ1v) is 7.46. The first-order chi connectivity index (χ1) is 7.29. The van der Waals surface area contributed by atoms with Crippen LogP contribution in [0.5, 0.6) is 0 Å². The molecular weight excluding hydrogens is 226 g/mol. The molecule has 0 spiro atoms. The molecule has 1 fully saturated rings. The molecule has 2 nitrogen and oxygen atoms in total. The molecule has 1 aromatic rings. The largest absolute Gasteiger partial charge is 0.396 e. The van der Waals surface area contributed by atoms with Crippen LogP contribution in [-0.2, 0) is 5.75 Å². The quantitative estimate of drug-likeness (QED) is 0.834. The van der Waals surface area contributed by atoms with Crippen molar-refractivity contribution in [3.63, 3.8) is 0 Å². The predicted octanol–water partition coefficient (Wildman–Crippen LogP) is 2.88. The van der Waals surface area contributed by atoms with Gasteiger partial charge in [-0.15, -0.1) is 11.3 Å². The standard InChI is InChI=1S/C11H17NOS2/c1-8(4-13)5-14-6-10-7-15-11(12-10)9-2-3-9/h7-9,13H,2-6H2,1H3. The number of nitrogens with zero attached hydrogens (tertiary/aromatic N) is 1. The maximum Gasteiger partial charge on any atom is 0.0959 e. The lowest BCUT2D eigenvalue weighted by molar-refractivity contribution is 0.250. The Hall–Kier alpha value is -0.0600. The van der Waals surface area contributed by atoms with E-state index < -0.39 is 0 Å². The van der Waals surface area contributed by atoms with Gasteiger partial charge in [-0.1, -0.05) is 6.92 Å². The fourth-order valence-corrected chi connectivity index (χ4v) is 3.40. The van der Waals surface area contributed by atoms with Crippen LogP contribution >= 0.6 is 23.1 Å². The second-order valence-corrected chi connectivity index (χ2v) is 6.17. The van der Waals surface area contributed by atoms with Crippen LogP contribution in [0.25, 0.3) is 0 Å². The molecule has 1 heterocycles. The molecule has 0 aliphatic heterocycles. The van der Waals surface area contributed by atoms with E-state index in [1.165, 1.54) is 23.5 Å². The molecule has 0 aromatic carbocycles.